The van der Waals surface area contributed by atoms with Gasteiger partial charge in [0, 0.05) is 12.5 Å². The number of hydrogen-bond acceptors (Lipinski definition) is 2. The van der Waals surface area contributed by atoms with Crippen molar-refractivity contribution in [2.75, 3.05) is 6.61 Å². The molecule has 1 aliphatic heterocycles. The molecular weight excluding hydrogens is 198 g/mol. The first-order valence-electron chi connectivity index (χ1n) is 6.27. The molecule has 2 aliphatic rings. The normalized spacial score (nSPS) is 22.4. The second-order valence-corrected chi connectivity index (χ2v) is 5.19. The smallest absolute Gasteiger partial charge is 0.122 e. The summed E-state index contributed by atoms with van der Waals surface area (Å²) in [6, 6.07) is 6.65. The molecule has 1 heterocycles. The lowest BCUT2D eigenvalue weighted by Gasteiger charge is -2.20. The molecule has 1 aliphatic carbocycles. The molecule has 0 bridgehead atoms. The number of hydrogen-bond donors (Lipinski definition) is 1. The Hall–Kier alpha value is -1.02. The van der Waals surface area contributed by atoms with Crippen LogP contribution in [0.3, 0.4) is 0 Å². The molecule has 0 amide bonds. The van der Waals surface area contributed by atoms with E-state index >= 15 is 0 Å². The highest BCUT2D eigenvalue weighted by molar-refractivity contribution is 5.40. The standard InChI is InChI=1S/C14H19NO/c1-9(10-2-3-10)14(15)12-4-5-13-11(8-12)6-7-16-13/h4-5,8-10,14H,2-3,6-7,15H2,1H3. The van der Waals surface area contributed by atoms with Gasteiger partial charge in [-0.05, 0) is 41.9 Å². The van der Waals surface area contributed by atoms with Gasteiger partial charge in [0.15, 0.2) is 0 Å². The second-order valence-electron chi connectivity index (χ2n) is 5.19. The third-order valence-electron chi connectivity index (χ3n) is 4.03. The van der Waals surface area contributed by atoms with E-state index in [1.807, 2.05) is 0 Å². The highest BCUT2D eigenvalue weighted by Crippen LogP contribution is 2.42. The molecule has 1 aromatic rings. The van der Waals surface area contributed by atoms with Gasteiger partial charge in [-0.25, -0.2) is 0 Å². The van der Waals surface area contributed by atoms with Crippen molar-refractivity contribution in [3.63, 3.8) is 0 Å². The van der Waals surface area contributed by atoms with Gasteiger partial charge in [-0.3, -0.25) is 0 Å². The molecule has 1 fully saturated rings. The van der Waals surface area contributed by atoms with Crippen LogP contribution in [0.25, 0.3) is 0 Å². The fourth-order valence-corrected chi connectivity index (χ4v) is 2.63. The molecule has 0 radical (unpaired) electrons. The van der Waals surface area contributed by atoms with Crippen molar-refractivity contribution in [3.8, 4) is 5.75 Å². The summed E-state index contributed by atoms with van der Waals surface area (Å²) in [6.45, 7) is 3.11. The predicted octanol–water partition coefficient (Wildman–Crippen LogP) is 2.67. The van der Waals surface area contributed by atoms with Gasteiger partial charge in [0.25, 0.3) is 0 Å². The molecule has 2 heteroatoms. The van der Waals surface area contributed by atoms with E-state index in [1.54, 1.807) is 0 Å². The molecule has 0 spiro atoms. The third-order valence-corrected chi connectivity index (χ3v) is 4.03. The third kappa shape index (κ3) is 1.71. The summed E-state index contributed by atoms with van der Waals surface area (Å²) >= 11 is 0. The lowest BCUT2D eigenvalue weighted by Crippen LogP contribution is -2.20. The predicted molar refractivity (Wildman–Crippen MR) is 64.5 cm³/mol. The van der Waals surface area contributed by atoms with Gasteiger partial charge < -0.3 is 10.5 Å². The zero-order chi connectivity index (χ0) is 11.1. The number of fused-ring (bicyclic) bond motifs is 1. The minimum absolute atomic E-state index is 0.193. The summed E-state index contributed by atoms with van der Waals surface area (Å²) in [5, 5.41) is 0. The van der Waals surface area contributed by atoms with Gasteiger partial charge in [-0.2, -0.15) is 0 Å². The summed E-state index contributed by atoms with van der Waals surface area (Å²) < 4.78 is 5.51. The zero-order valence-electron chi connectivity index (χ0n) is 9.78. The minimum Gasteiger partial charge on any atom is -0.493 e. The Morgan fingerprint density at radius 1 is 1.38 bits per heavy atom. The maximum atomic E-state index is 6.33. The van der Waals surface area contributed by atoms with Crippen molar-refractivity contribution in [2.45, 2.75) is 32.2 Å². The van der Waals surface area contributed by atoms with Crippen LogP contribution in [0.2, 0.25) is 0 Å². The Morgan fingerprint density at radius 2 is 2.19 bits per heavy atom. The van der Waals surface area contributed by atoms with E-state index in [-0.39, 0.29) is 6.04 Å². The van der Waals surface area contributed by atoms with Gasteiger partial charge >= 0.3 is 0 Å². The number of nitrogens with two attached hydrogens (primary N) is 1. The number of rotatable bonds is 3. The lowest BCUT2D eigenvalue weighted by atomic mass is 9.90. The van der Waals surface area contributed by atoms with E-state index in [4.69, 9.17) is 10.5 Å². The van der Waals surface area contributed by atoms with E-state index in [1.165, 1.54) is 24.0 Å². The molecule has 0 saturated heterocycles. The minimum atomic E-state index is 0.193. The molecule has 16 heavy (non-hydrogen) atoms. The van der Waals surface area contributed by atoms with Gasteiger partial charge in [0.2, 0.25) is 0 Å². The molecule has 2 nitrogen and oxygen atoms in total. The molecule has 3 rings (SSSR count). The number of ether oxygens (including phenoxy) is 1. The van der Waals surface area contributed by atoms with Crippen LogP contribution in [0.15, 0.2) is 18.2 Å². The van der Waals surface area contributed by atoms with Crippen LogP contribution in [0.5, 0.6) is 5.75 Å². The molecule has 86 valence electrons. The summed E-state index contributed by atoms with van der Waals surface area (Å²) in [5.41, 5.74) is 8.94. The zero-order valence-corrected chi connectivity index (χ0v) is 9.78. The average molecular weight is 217 g/mol. The van der Waals surface area contributed by atoms with Crippen LogP contribution in [-0.4, -0.2) is 6.61 Å². The van der Waals surface area contributed by atoms with Crippen molar-refractivity contribution >= 4 is 0 Å². The maximum Gasteiger partial charge on any atom is 0.122 e. The van der Waals surface area contributed by atoms with Gasteiger partial charge in [-0.1, -0.05) is 19.1 Å². The monoisotopic (exact) mass is 217 g/mol. The van der Waals surface area contributed by atoms with Crippen molar-refractivity contribution in [3.05, 3.63) is 29.3 Å². The van der Waals surface area contributed by atoms with Crippen molar-refractivity contribution in [2.24, 2.45) is 17.6 Å². The van der Waals surface area contributed by atoms with E-state index in [9.17, 15) is 0 Å². The van der Waals surface area contributed by atoms with E-state index in [0.717, 1.165) is 24.7 Å². The fourth-order valence-electron chi connectivity index (χ4n) is 2.63. The summed E-state index contributed by atoms with van der Waals surface area (Å²) in [6.07, 6.45) is 3.76. The first-order chi connectivity index (χ1) is 7.75. The fraction of sp³-hybridized carbons (Fsp3) is 0.571. The van der Waals surface area contributed by atoms with Crippen molar-refractivity contribution in [1.29, 1.82) is 0 Å². The van der Waals surface area contributed by atoms with Gasteiger partial charge in [0.1, 0.15) is 5.75 Å². The van der Waals surface area contributed by atoms with Crippen LogP contribution >= 0.6 is 0 Å². The molecule has 1 aromatic carbocycles. The lowest BCUT2D eigenvalue weighted by molar-refractivity contribution is 0.356. The van der Waals surface area contributed by atoms with Crippen LogP contribution < -0.4 is 10.5 Å². The molecule has 0 aromatic heterocycles. The molecule has 2 N–H and O–H groups in total. The first kappa shape index (κ1) is 10.2. The molecule has 1 saturated carbocycles. The summed E-state index contributed by atoms with van der Waals surface area (Å²) in [5.74, 6) is 2.52. The van der Waals surface area contributed by atoms with Crippen LogP contribution in [0.4, 0.5) is 0 Å². The van der Waals surface area contributed by atoms with E-state index in [0.29, 0.717) is 5.92 Å². The van der Waals surface area contributed by atoms with Crippen LogP contribution in [-0.2, 0) is 6.42 Å². The number of benzene rings is 1. The highest BCUT2D eigenvalue weighted by Gasteiger charge is 2.32. The molecule has 2 unspecified atom stereocenters. The van der Waals surface area contributed by atoms with Gasteiger partial charge in [-0.15, -0.1) is 0 Å². The SMILES string of the molecule is CC(C1CC1)C(N)c1ccc2c(c1)CCO2. The Kier molecular flexibility index (Phi) is 2.40. The van der Waals surface area contributed by atoms with Crippen LogP contribution in [0, 0.1) is 11.8 Å². The van der Waals surface area contributed by atoms with Gasteiger partial charge in [0.05, 0.1) is 6.61 Å². The maximum absolute atomic E-state index is 6.33. The topological polar surface area (TPSA) is 35.2 Å². The largest absolute Gasteiger partial charge is 0.493 e. The van der Waals surface area contributed by atoms with E-state index in [2.05, 4.69) is 25.1 Å². The summed E-state index contributed by atoms with van der Waals surface area (Å²) in [7, 11) is 0. The first-order valence-corrected chi connectivity index (χ1v) is 6.27. The Balaban J connectivity index is 1.82. The highest BCUT2D eigenvalue weighted by atomic mass is 16.5. The molecular formula is C14H19NO. The quantitative estimate of drug-likeness (QED) is 0.844. The van der Waals surface area contributed by atoms with Crippen molar-refractivity contribution < 1.29 is 4.74 Å². The average Bonchev–Trinajstić information content (AvgIpc) is 3.05. The van der Waals surface area contributed by atoms with Crippen LogP contribution in [0.1, 0.15) is 36.9 Å². The summed E-state index contributed by atoms with van der Waals surface area (Å²) in [4.78, 5) is 0. The Bertz CT molecular complexity index is 398. The van der Waals surface area contributed by atoms with Crippen molar-refractivity contribution in [1.82, 2.24) is 0 Å². The Labute approximate surface area is 96.8 Å². The van der Waals surface area contributed by atoms with E-state index < -0.39 is 0 Å². The second kappa shape index (κ2) is 3.77. The molecule has 2 atom stereocenters. The Morgan fingerprint density at radius 3 is 2.94 bits per heavy atom.